The van der Waals surface area contributed by atoms with Gasteiger partial charge >= 0.3 is 5.97 Å². The van der Waals surface area contributed by atoms with Crippen molar-refractivity contribution in [2.45, 2.75) is 18.9 Å². The summed E-state index contributed by atoms with van der Waals surface area (Å²) < 4.78 is 28.4. The summed E-state index contributed by atoms with van der Waals surface area (Å²) in [6.07, 6.45) is 2.38. The third-order valence-corrected chi connectivity index (χ3v) is 5.49. The smallest absolute Gasteiger partial charge is 0.340 e. The summed E-state index contributed by atoms with van der Waals surface area (Å²) in [6.45, 7) is 2.86. The van der Waals surface area contributed by atoms with Gasteiger partial charge in [-0.25, -0.2) is 28.7 Å². The molecule has 0 aromatic carbocycles. The molecular formula is C16H17N7O4S. The molecule has 0 atom stereocenters. The lowest BCUT2D eigenvalue weighted by atomic mass is 10.4. The van der Waals surface area contributed by atoms with E-state index < -0.39 is 33.3 Å². The van der Waals surface area contributed by atoms with Gasteiger partial charge in [-0.15, -0.1) is 0 Å². The van der Waals surface area contributed by atoms with Crippen molar-refractivity contribution >= 4 is 21.9 Å². The van der Waals surface area contributed by atoms with E-state index in [2.05, 4.69) is 20.1 Å². The molecule has 12 heteroatoms. The van der Waals surface area contributed by atoms with E-state index in [0.717, 1.165) is 15.2 Å². The Labute approximate surface area is 160 Å². The zero-order valence-electron chi connectivity index (χ0n) is 15.0. The van der Waals surface area contributed by atoms with Gasteiger partial charge in [0.1, 0.15) is 5.56 Å². The molecule has 3 aromatic rings. The van der Waals surface area contributed by atoms with Crippen LogP contribution in [0.2, 0.25) is 0 Å². The van der Waals surface area contributed by atoms with Crippen LogP contribution in [0.1, 0.15) is 21.7 Å². The zero-order valence-corrected chi connectivity index (χ0v) is 15.8. The van der Waals surface area contributed by atoms with Crippen molar-refractivity contribution in [2.75, 3.05) is 11.0 Å². The summed E-state index contributed by atoms with van der Waals surface area (Å²) in [7, 11) is -4.49. The van der Waals surface area contributed by atoms with E-state index in [0.29, 0.717) is 11.4 Å². The molecule has 0 radical (unpaired) electrons. The van der Waals surface area contributed by atoms with Gasteiger partial charge in [-0.2, -0.15) is 13.5 Å². The van der Waals surface area contributed by atoms with E-state index in [1.165, 1.54) is 12.3 Å². The van der Waals surface area contributed by atoms with Crippen LogP contribution in [0.5, 0.6) is 0 Å². The second kappa shape index (κ2) is 7.32. The molecule has 11 nitrogen and oxygen atoms in total. The lowest BCUT2D eigenvalue weighted by Gasteiger charge is -2.21. The molecule has 3 heterocycles. The summed E-state index contributed by atoms with van der Waals surface area (Å²) in [5.41, 5.74) is 6.24. The second-order valence-electron chi connectivity index (χ2n) is 5.76. The van der Waals surface area contributed by atoms with Gasteiger partial charge < -0.3 is 10.8 Å². The van der Waals surface area contributed by atoms with Crippen LogP contribution < -0.4 is 10.0 Å². The van der Waals surface area contributed by atoms with Crippen LogP contribution in [0.15, 0.2) is 41.7 Å². The van der Waals surface area contributed by atoms with Gasteiger partial charge in [-0.3, -0.25) is 0 Å². The molecule has 3 aromatic heterocycles. The minimum Gasteiger partial charge on any atom is -0.478 e. The molecule has 0 aliphatic rings. The van der Waals surface area contributed by atoms with Crippen LogP contribution in [0.25, 0.3) is 5.82 Å². The Bertz CT molecular complexity index is 1110. The van der Waals surface area contributed by atoms with Crippen molar-refractivity contribution in [3.63, 3.8) is 0 Å². The molecular weight excluding hydrogens is 386 g/mol. The average Bonchev–Trinajstić information content (AvgIpc) is 3.08. The van der Waals surface area contributed by atoms with Gasteiger partial charge in [0, 0.05) is 17.6 Å². The third-order valence-electron chi connectivity index (χ3n) is 3.72. The number of aromatic carboxylic acids is 1. The highest BCUT2D eigenvalue weighted by Crippen LogP contribution is 2.25. The van der Waals surface area contributed by atoms with Gasteiger partial charge in [0.2, 0.25) is 5.95 Å². The van der Waals surface area contributed by atoms with Crippen molar-refractivity contribution in [3.05, 3.63) is 53.6 Å². The second-order valence-corrected chi connectivity index (χ2v) is 7.53. The van der Waals surface area contributed by atoms with E-state index >= 15 is 0 Å². The highest BCUT2D eigenvalue weighted by molar-refractivity contribution is 7.92. The fraction of sp³-hybridized carbons (Fsp3) is 0.188. The summed E-state index contributed by atoms with van der Waals surface area (Å²) in [5.74, 6) is -1.49. The molecule has 0 saturated heterocycles. The van der Waals surface area contributed by atoms with E-state index in [9.17, 15) is 18.3 Å². The van der Waals surface area contributed by atoms with Crippen molar-refractivity contribution < 1.29 is 18.3 Å². The maximum atomic E-state index is 13.4. The Morgan fingerprint density at radius 2 is 1.93 bits per heavy atom. The number of rotatable bonds is 6. The maximum absolute atomic E-state index is 13.4. The number of pyridine rings is 1. The predicted molar refractivity (Wildman–Crippen MR) is 98.5 cm³/mol. The first-order valence-electron chi connectivity index (χ1n) is 8.03. The van der Waals surface area contributed by atoms with Crippen molar-refractivity contribution in [3.8, 4) is 5.82 Å². The highest BCUT2D eigenvalue weighted by Gasteiger charge is 2.35. The Hall–Kier alpha value is -3.38. The standard InChI is InChI=1S/C16H17N7O4S/c1-10-7-11(2)21-16(20-10)22(9-17)28(26,27)14-12(15(24)25)8-19-23(14)13-5-3-4-6-18-13/h3-8H,9,17H2,1-2H3,(H,24,25). The number of nitrogens with two attached hydrogens (primary N) is 1. The monoisotopic (exact) mass is 403 g/mol. The third kappa shape index (κ3) is 3.42. The topological polar surface area (TPSA) is 157 Å². The summed E-state index contributed by atoms with van der Waals surface area (Å²) in [6, 6.07) is 6.42. The number of hydrogen-bond donors (Lipinski definition) is 2. The maximum Gasteiger partial charge on any atom is 0.340 e. The van der Waals surface area contributed by atoms with Crippen LogP contribution >= 0.6 is 0 Å². The van der Waals surface area contributed by atoms with Crippen molar-refractivity contribution in [1.29, 1.82) is 0 Å². The Balaban J connectivity index is 2.25. The number of sulfonamides is 1. The number of carboxylic acids is 1. The Morgan fingerprint density at radius 3 is 2.46 bits per heavy atom. The lowest BCUT2D eigenvalue weighted by Crippen LogP contribution is -2.39. The summed E-state index contributed by atoms with van der Waals surface area (Å²) in [4.78, 5) is 23.9. The SMILES string of the molecule is Cc1cc(C)nc(N(CN)S(=O)(=O)c2c(C(=O)O)cnn2-c2ccccn2)n1. The van der Waals surface area contributed by atoms with E-state index in [1.54, 1.807) is 32.0 Å². The largest absolute Gasteiger partial charge is 0.478 e. The van der Waals surface area contributed by atoms with Crippen molar-refractivity contribution in [2.24, 2.45) is 5.73 Å². The number of carboxylic acid groups (broad SMARTS) is 1. The number of nitrogens with zero attached hydrogens (tertiary/aromatic N) is 6. The highest BCUT2D eigenvalue weighted by atomic mass is 32.2. The van der Waals surface area contributed by atoms with Crippen LogP contribution in [0.3, 0.4) is 0 Å². The van der Waals surface area contributed by atoms with E-state index in [4.69, 9.17) is 5.73 Å². The normalized spacial score (nSPS) is 11.4. The minimum atomic E-state index is -4.49. The molecule has 28 heavy (non-hydrogen) atoms. The van der Waals surface area contributed by atoms with Gasteiger partial charge in [-0.05, 0) is 32.0 Å². The van der Waals surface area contributed by atoms with E-state index in [-0.39, 0.29) is 11.8 Å². The molecule has 0 bridgehead atoms. The first-order chi connectivity index (χ1) is 13.3. The minimum absolute atomic E-state index is 0.131. The molecule has 0 amide bonds. The quantitative estimate of drug-likeness (QED) is 0.559. The fourth-order valence-electron chi connectivity index (χ4n) is 2.58. The van der Waals surface area contributed by atoms with Crippen LogP contribution in [0.4, 0.5) is 5.95 Å². The Morgan fingerprint density at radius 1 is 1.25 bits per heavy atom. The van der Waals surface area contributed by atoms with Crippen LogP contribution in [-0.4, -0.2) is 50.9 Å². The van der Waals surface area contributed by atoms with Gasteiger partial charge in [0.05, 0.1) is 12.9 Å². The molecule has 0 aliphatic heterocycles. The molecule has 146 valence electrons. The molecule has 0 aliphatic carbocycles. The Kier molecular flexibility index (Phi) is 5.07. The van der Waals surface area contributed by atoms with Gasteiger partial charge in [0.15, 0.2) is 10.8 Å². The number of anilines is 1. The summed E-state index contributed by atoms with van der Waals surface area (Å²) >= 11 is 0. The predicted octanol–water partition coefficient (Wildman–Crippen LogP) is 0.484. The zero-order chi connectivity index (χ0) is 20.5. The van der Waals surface area contributed by atoms with Crippen LogP contribution in [0, 0.1) is 13.8 Å². The number of aryl methyl sites for hydroxylation is 2. The average molecular weight is 403 g/mol. The van der Waals surface area contributed by atoms with Gasteiger partial charge in [0.25, 0.3) is 10.0 Å². The molecule has 0 unspecified atom stereocenters. The first-order valence-corrected chi connectivity index (χ1v) is 9.47. The molecule has 0 saturated carbocycles. The summed E-state index contributed by atoms with van der Waals surface area (Å²) in [5, 5.41) is 12.8. The molecule has 0 spiro atoms. The molecule has 3 rings (SSSR count). The number of aromatic nitrogens is 5. The fourth-order valence-corrected chi connectivity index (χ4v) is 4.06. The van der Waals surface area contributed by atoms with Crippen molar-refractivity contribution in [1.82, 2.24) is 24.7 Å². The molecule has 0 fully saturated rings. The molecule has 3 N–H and O–H groups in total. The van der Waals surface area contributed by atoms with Crippen LogP contribution in [-0.2, 0) is 10.0 Å². The first kappa shape index (κ1) is 19.4. The van der Waals surface area contributed by atoms with E-state index in [1.807, 2.05) is 0 Å². The lowest BCUT2D eigenvalue weighted by molar-refractivity contribution is 0.0692. The van der Waals surface area contributed by atoms with Gasteiger partial charge in [-0.1, -0.05) is 6.07 Å². The number of hydrogen-bond acceptors (Lipinski definition) is 8. The number of carbonyl (C=O) groups is 1.